The SMILES string of the molecule is C[C@H]1C[C@H]1C(=O)N1CCN(S(=O)(=O)c2ccc(F)cc2)CC1. The topological polar surface area (TPSA) is 57.7 Å². The molecule has 2 fully saturated rings. The molecule has 120 valence electrons. The van der Waals surface area contributed by atoms with Gasteiger partial charge in [0.2, 0.25) is 15.9 Å². The Morgan fingerprint density at radius 2 is 1.68 bits per heavy atom. The number of carbonyl (C=O) groups is 1. The summed E-state index contributed by atoms with van der Waals surface area (Å²) >= 11 is 0. The lowest BCUT2D eigenvalue weighted by Crippen LogP contribution is -2.51. The van der Waals surface area contributed by atoms with Crippen LogP contribution in [0.1, 0.15) is 13.3 Å². The van der Waals surface area contributed by atoms with E-state index in [9.17, 15) is 17.6 Å². The molecule has 0 N–H and O–H groups in total. The maximum atomic E-state index is 12.9. The molecule has 0 bridgehead atoms. The number of piperazine rings is 1. The third-order valence-corrected chi connectivity index (χ3v) is 6.34. The predicted molar refractivity (Wildman–Crippen MR) is 79.0 cm³/mol. The number of hydrogen-bond acceptors (Lipinski definition) is 3. The molecule has 22 heavy (non-hydrogen) atoms. The lowest BCUT2D eigenvalue weighted by molar-refractivity contribution is -0.134. The van der Waals surface area contributed by atoms with Gasteiger partial charge < -0.3 is 4.90 Å². The lowest BCUT2D eigenvalue weighted by Gasteiger charge is -2.34. The Balaban J connectivity index is 1.65. The van der Waals surface area contributed by atoms with Crippen LogP contribution in [0.4, 0.5) is 4.39 Å². The van der Waals surface area contributed by atoms with Crippen molar-refractivity contribution in [1.29, 1.82) is 0 Å². The number of halogens is 1. The van der Waals surface area contributed by atoms with Crippen LogP contribution >= 0.6 is 0 Å². The smallest absolute Gasteiger partial charge is 0.243 e. The maximum Gasteiger partial charge on any atom is 0.243 e. The van der Waals surface area contributed by atoms with Crippen LogP contribution in [0, 0.1) is 17.7 Å². The highest BCUT2D eigenvalue weighted by Gasteiger charge is 2.42. The number of nitrogens with zero attached hydrogens (tertiary/aromatic N) is 2. The molecular formula is C15H19FN2O3S. The number of amides is 1. The fraction of sp³-hybridized carbons (Fsp3) is 0.533. The molecule has 2 atom stereocenters. The van der Waals surface area contributed by atoms with E-state index >= 15 is 0 Å². The van der Waals surface area contributed by atoms with Gasteiger partial charge in [-0.1, -0.05) is 6.92 Å². The maximum absolute atomic E-state index is 12.9. The second-order valence-corrected chi connectivity index (χ2v) is 7.94. The molecule has 7 heteroatoms. The van der Waals surface area contributed by atoms with Crippen LogP contribution in [0.25, 0.3) is 0 Å². The minimum atomic E-state index is -3.61. The summed E-state index contributed by atoms with van der Waals surface area (Å²) in [6.07, 6.45) is 0.937. The number of sulfonamides is 1. The Morgan fingerprint density at radius 3 is 2.18 bits per heavy atom. The van der Waals surface area contributed by atoms with Gasteiger partial charge in [-0.15, -0.1) is 0 Å². The molecule has 3 rings (SSSR count). The van der Waals surface area contributed by atoms with Crippen molar-refractivity contribution in [1.82, 2.24) is 9.21 Å². The van der Waals surface area contributed by atoms with Crippen LogP contribution in [0.5, 0.6) is 0 Å². The van der Waals surface area contributed by atoms with E-state index in [1.165, 1.54) is 16.4 Å². The molecule has 1 aliphatic carbocycles. The van der Waals surface area contributed by atoms with E-state index in [0.717, 1.165) is 18.6 Å². The minimum Gasteiger partial charge on any atom is -0.340 e. The van der Waals surface area contributed by atoms with Crippen LogP contribution in [0.15, 0.2) is 29.2 Å². The molecule has 2 aliphatic rings. The predicted octanol–water partition coefficient (Wildman–Crippen LogP) is 1.31. The number of benzene rings is 1. The summed E-state index contributed by atoms with van der Waals surface area (Å²) in [6.45, 7) is 3.46. The molecule has 0 aromatic heterocycles. The summed E-state index contributed by atoms with van der Waals surface area (Å²) in [5.41, 5.74) is 0. The van der Waals surface area contributed by atoms with Crippen LogP contribution in [0.2, 0.25) is 0 Å². The van der Waals surface area contributed by atoms with Crippen molar-refractivity contribution in [2.75, 3.05) is 26.2 Å². The summed E-state index contributed by atoms with van der Waals surface area (Å²) in [5, 5.41) is 0. The highest BCUT2D eigenvalue weighted by atomic mass is 32.2. The molecule has 0 spiro atoms. The van der Waals surface area contributed by atoms with Crippen molar-refractivity contribution in [3.05, 3.63) is 30.1 Å². The first-order chi connectivity index (χ1) is 10.4. The number of hydrogen-bond donors (Lipinski definition) is 0. The summed E-state index contributed by atoms with van der Waals surface area (Å²) in [5.74, 6) is 0.257. The zero-order valence-corrected chi connectivity index (χ0v) is 13.2. The van der Waals surface area contributed by atoms with E-state index < -0.39 is 15.8 Å². The molecule has 0 unspecified atom stereocenters. The normalized spacial score (nSPS) is 26.0. The zero-order chi connectivity index (χ0) is 15.9. The highest BCUT2D eigenvalue weighted by molar-refractivity contribution is 7.89. The van der Waals surface area contributed by atoms with Gasteiger partial charge in [-0.05, 0) is 36.6 Å². The molecule has 1 amide bonds. The molecule has 1 heterocycles. The van der Waals surface area contributed by atoms with Crippen LogP contribution in [0.3, 0.4) is 0 Å². The first-order valence-electron chi connectivity index (χ1n) is 7.44. The molecule has 1 saturated heterocycles. The van der Waals surface area contributed by atoms with Gasteiger partial charge in [0.05, 0.1) is 4.90 Å². The van der Waals surface area contributed by atoms with E-state index in [4.69, 9.17) is 0 Å². The molecule has 5 nitrogen and oxygen atoms in total. The van der Waals surface area contributed by atoms with E-state index in [-0.39, 0.29) is 29.8 Å². The molecule has 1 aromatic rings. The van der Waals surface area contributed by atoms with Crippen molar-refractivity contribution in [2.24, 2.45) is 11.8 Å². The average molecular weight is 326 g/mol. The van der Waals surface area contributed by atoms with E-state index in [0.29, 0.717) is 19.0 Å². The van der Waals surface area contributed by atoms with Crippen molar-refractivity contribution < 1.29 is 17.6 Å². The summed E-state index contributed by atoms with van der Waals surface area (Å²) in [7, 11) is -3.61. The molecule has 1 aromatic carbocycles. The zero-order valence-electron chi connectivity index (χ0n) is 12.4. The molecular weight excluding hydrogens is 307 g/mol. The molecule has 1 saturated carbocycles. The Bertz CT molecular complexity index is 667. The second-order valence-electron chi connectivity index (χ2n) is 6.00. The Morgan fingerprint density at radius 1 is 1.14 bits per heavy atom. The average Bonchev–Trinajstić information content (AvgIpc) is 3.24. The largest absolute Gasteiger partial charge is 0.340 e. The number of carbonyl (C=O) groups excluding carboxylic acids is 1. The Kier molecular flexibility index (Phi) is 3.94. The van der Waals surface area contributed by atoms with Gasteiger partial charge >= 0.3 is 0 Å². The first kappa shape index (κ1) is 15.4. The fourth-order valence-electron chi connectivity index (χ4n) is 2.81. The monoisotopic (exact) mass is 326 g/mol. The van der Waals surface area contributed by atoms with Crippen LogP contribution in [-0.2, 0) is 14.8 Å². The van der Waals surface area contributed by atoms with E-state index in [1.54, 1.807) is 4.90 Å². The quantitative estimate of drug-likeness (QED) is 0.842. The summed E-state index contributed by atoms with van der Waals surface area (Å²) < 4.78 is 39.2. The van der Waals surface area contributed by atoms with Crippen molar-refractivity contribution in [3.63, 3.8) is 0 Å². The third kappa shape index (κ3) is 2.87. The van der Waals surface area contributed by atoms with Crippen LogP contribution < -0.4 is 0 Å². The third-order valence-electron chi connectivity index (χ3n) is 4.43. The van der Waals surface area contributed by atoms with Gasteiger partial charge in [0.15, 0.2) is 0 Å². The second kappa shape index (κ2) is 5.62. The Hall–Kier alpha value is -1.47. The number of rotatable bonds is 3. The van der Waals surface area contributed by atoms with Crippen LogP contribution in [-0.4, -0.2) is 49.7 Å². The van der Waals surface area contributed by atoms with Gasteiger partial charge in [-0.3, -0.25) is 4.79 Å². The highest BCUT2D eigenvalue weighted by Crippen LogP contribution is 2.39. The van der Waals surface area contributed by atoms with Crippen molar-refractivity contribution >= 4 is 15.9 Å². The summed E-state index contributed by atoms with van der Waals surface area (Å²) in [6, 6.07) is 4.82. The standard InChI is InChI=1S/C15H19FN2O3S/c1-11-10-14(11)15(19)17-6-8-18(9-7-17)22(20,21)13-4-2-12(16)3-5-13/h2-5,11,14H,6-10H2,1H3/t11-,14+/m0/s1. The Labute approximate surface area is 129 Å². The summed E-state index contributed by atoms with van der Waals surface area (Å²) in [4.78, 5) is 14.0. The van der Waals surface area contributed by atoms with Gasteiger partial charge in [0, 0.05) is 32.1 Å². The first-order valence-corrected chi connectivity index (χ1v) is 8.88. The van der Waals surface area contributed by atoms with Gasteiger partial charge in [-0.25, -0.2) is 12.8 Å². The molecule has 0 radical (unpaired) electrons. The lowest BCUT2D eigenvalue weighted by atomic mass is 10.2. The van der Waals surface area contributed by atoms with Gasteiger partial charge in [0.25, 0.3) is 0 Å². The molecule has 1 aliphatic heterocycles. The van der Waals surface area contributed by atoms with Crippen molar-refractivity contribution in [2.45, 2.75) is 18.2 Å². The van der Waals surface area contributed by atoms with Crippen molar-refractivity contribution in [3.8, 4) is 0 Å². The minimum absolute atomic E-state index is 0.0875. The fourth-order valence-corrected chi connectivity index (χ4v) is 4.23. The van der Waals surface area contributed by atoms with E-state index in [1.807, 2.05) is 0 Å². The van der Waals surface area contributed by atoms with Gasteiger partial charge in [0.1, 0.15) is 5.82 Å². The van der Waals surface area contributed by atoms with E-state index in [2.05, 4.69) is 6.92 Å². The van der Waals surface area contributed by atoms with Gasteiger partial charge in [-0.2, -0.15) is 4.31 Å².